The molecule has 25 heavy (non-hydrogen) atoms. The van der Waals surface area contributed by atoms with E-state index in [1.54, 1.807) is 12.1 Å². The highest BCUT2D eigenvalue weighted by Crippen LogP contribution is 2.41. The van der Waals surface area contributed by atoms with Crippen LogP contribution in [0.4, 0.5) is 11.4 Å². The molecule has 0 spiro atoms. The van der Waals surface area contributed by atoms with E-state index in [-0.39, 0.29) is 23.2 Å². The van der Waals surface area contributed by atoms with Crippen LogP contribution in [0.2, 0.25) is 0 Å². The van der Waals surface area contributed by atoms with Gasteiger partial charge in [0.1, 0.15) is 5.69 Å². The summed E-state index contributed by atoms with van der Waals surface area (Å²) in [5.41, 5.74) is 1.76. The fourth-order valence-corrected chi connectivity index (χ4v) is 3.16. The first-order chi connectivity index (χ1) is 12.1. The van der Waals surface area contributed by atoms with Crippen LogP contribution < -0.4 is 10.6 Å². The molecule has 0 saturated heterocycles. The molecule has 1 aliphatic carbocycles. The van der Waals surface area contributed by atoms with E-state index in [1.807, 2.05) is 30.3 Å². The predicted molar refractivity (Wildman–Crippen MR) is 96.6 cm³/mol. The summed E-state index contributed by atoms with van der Waals surface area (Å²) in [5, 5.41) is 17.3. The van der Waals surface area contributed by atoms with Gasteiger partial charge in [0.2, 0.25) is 0 Å². The van der Waals surface area contributed by atoms with Gasteiger partial charge in [-0.2, -0.15) is 0 Å². The molecule has 1 unspecified atom stereocenters. The normalized spacial score (nSPS) is 15.1. The largest absolute Gasteiger partial charge is 0.372 e. The van der Waals surface area contributed by atoms with Crippen molar-refractivity contribution in [3.8, 4) is 0 Å². The zero-order chi connectivity index (χ0) is 17.8. The molecule has 0 bridgehead atoms. The Morgan fingerprint density at radius 3 is 2.48 bits per heavy atom. The molecule has 1 saturated carbocycles. The van der Waals surface area contributed by atoms with Gasteiger partial charge in [0.15, 0.2) is 0 Å². The Morgan fingerprint density at radius 1 is 1.20 bits per heavy atom. The summed E-state index contributed by atoms with van der Waals surface area (Å²) in [6.07, 6.45) is 3.40. The van der Waals surface area contributed by atoms with Gasteiger partial charge >= 0.3 is 0 Å². The third kappa shape index (κ3) is 3.63. The Hall–Kier alpha value is -2.89. The molecule has 0 aromatic heterocycles. The number of nitro benzene ring substituents is 1. The maximum atomic E-state index is 11.8. The van der Waals surface area contributed by atoms with Crippen LogP contribution in [0.25, 0.3) is 0 Å². The molecular weight excluding hydrogens is 318 g/mol. The summed E-state index contributed by atoms with van der Waals surface area (Å²) in [5.74, 6) is 0.119. The summed E-state index contributed by atoms with van der Waals surface area (Å²) < 4.78 is 0. The minimum absolute atomic E-state index is 0.0273. The number of nitrogens with one attached hydrogen (secondary N) is 2. The van der Waals surface area contributed by atoms with E-state index in [0.29, 0.717) is 11.6 Å². The Kier molecular flexibility index (Phi) is 4.97. The number of rotatable bonds is 6. The van der Waals surface area contributed by atoms with Crippen molar-refractivity contribution in [2.75, 3.05) is 12.4 Å². The van der Waals surface area contributed by atoms with E-state index in [4.69, 9.17) is 0 Å². The maximum absolute atomic E-state index is 11.8. The van der Waals surface area contributed by atoms with E-state index in [2.05, 4.69) is 10.6 Å². The molecule has 2 N–H and O–H groups in total. The van der Waals surface area contributed by atoms with Crippen LogP contribution in [0, 0.1) is 16.0 Å². The number of hydrogen-bond donors (Lipinski definition) is 2. The monoisotopic (exact) mass is 339 g/mol. The van der Waals surface area contributed by atoms with E-state index < -0.39 is 4.92 Å². The lowest BCUT2D eigenvalue weighted by Gasteiger charge is -2.35. The van der Waals surface area contributed by atoms with Crippen molar-refractivity contribution in [2.24, 2.45) is 5.92 Å². The topological polar surface area (TPSA) is 84.3 Å². The standard InChI is InChI=1S/C19H21N3O3/c1-20-19(23)15-10-11-16(17(12-15)22(24)25)21-18(14-8-5-9-14)13-6-3-2-4-7-13/h2-4,6-7,10-12,14,18,21H,5,8-9H2,1H3,(H,20,23). The third-order valence-corrected chi connectivity index (χ3v) is 4.77. The molecule has 2 aromatic carbocycles. The van der Waals surface area contributed by atoms with Crippen molar-refractivity contribution in [3.63, 3.8) is 0 Å². The number of benzene rings is 2. The first-order valence-electron chi connectivity index (χ1n) is 8.42. The summed E-state index contributed by atoms with van der Waals surface area (Å²) in [6.45, 7) is 0. The van der Waals surface area contributed by atoms with Gasteiger partial charge in [0.25, 0.3) is 11.6 Å². The lowest BCUT2D eigenvalue weighted by Crippen LogP contribution is -2.26. The van der Waals surface area contributed by atoms with Crippen molar-refractivity contribution >= 4 is 17.3 Å². The van der Waals surface area contributed by atoms with Crippen LogP contribution in [0.5, 0.6) is 0 Å². The Balaban J connectivity index is 1.94. The number of anilines is 1. The second-order valence-corrected chi connectivity index (χ2v) is 6.29. The summed E-state index contributed by atoms with van der Waals surface area (Å²) >= 11 is 0. The number of nitrogens with zero attached hydrogens (tertiary/aromatic N) is 1. The molecule has 0 heterocycles. The fourth-order valence-electron chi connectivity index (χ4n) is 3.16. The number of carbonyl (C=O) groups is 1. The molecule has 6 heteroatoms. The van der Waals surface area contributed by atoms with Crippen LogP contribution in [-0.4, -0.2) is 17.9 Å². The number of carbonyl (C=O) groups excluding carboxylic acids is 1. The van der Waals surface area contributed by atoms with Crippen LogP contribution in [-0.2, 0) is 0 Å². The number of nitro groups is 1. The molecule has 0 aliphatic heterocycles. The van der Waals surface area contributed by atoms with E-state index in [0.717, 1.165) is 18.4 Å². The van der Waals surface area contributed by atoms with Gasteiger partial charge in [-0.1, -0.05) is 36.8 Å². The molecule has 0 radical (unpaired) electrons. The SMILES string of the molecule is CNC(=O)c1ccc(NC(c2ccccc2)C2CCC2)c([N+](=O)[O-])c1. The van der Waals surface area contributed by atoms with Crippen molar-refractivity contribution in [1.29, 1.82) is 0 Å². The van der Waals surface area contributed by atoms with Gasteiger partial charge in [-0.25, -0.2) is 0 Å². The quantitative estimate of drug-likeness (QED) is 0.617. The summed E-state index contributed by atoms with van der Waals surface area (Å²) in [6, 6.07) is 14.6. The Morgan fingerprint density at radius 2 is 1.92 bits per heavy atom. The molecule has 130 valence electrons. The van der Waals surface area contributed by atoms with Gasteiger partial charge in [0, 0.05) is 18.7 Å². The second-order valence-electron chi connectivity index (χ2n) is 6.29. The molecule has 6 nitrogen and oxygen atoms in total. The molecule has 2 aromatic rings. The first-order valence-corrected chi connectivity index (χ1v) is 8.42. The molecule has 1 fully saturated rings. The minimum atomic E-state index is -0.447. The van der Waals surface area contributed by atoms with Gasteiger partial charge in [-0.05, 0) is 36.5 Å². The highest BCUT2D eigenvalue weighted by Gasteiger charge is 2.30. The number of hydrogen-bond acceptors (Lipinski definition) is 4. The number of amides is 1. The van der Waals surface area contributed by atoms with Crippen LogP contribution >= 0.6 is 0 Å². The Bertz CT molecular complexity index is 773. The maximum Gasteiger partial charge on any atom is 0.293 e. The van der Waals surface area contributed by atoms with Gasteiger partial charge in [-0.3, -0.25) is 14.9 Å². The average molecular weight is 339 g/mol. The van der Waals surface area contributed by atoms with E-state index in [1.165, 1.54) is 19.5 Å². The van der Waals surface area contributed by atoms with Gasteiger partial charge in [-0.15, -0.1) is 0 Å². The van der Waals surface area contributed by atoms with Crippen molar-refractivity contribution in [3.05, 3.63) is 69.8 Å². The molecular formula is C19H21N3O3. The average Bonchev–Trinajstić information content (AvgIpc) is 2.59. The molecule has 3 rings (SSSR count). The first kappa shape index (κ1) is 17.0. The highest BCUT2D eigenvalue weighted by atomic mass is 16.6. The summed E-state index contributed by atoms with van der Waals surface area (Å²) in [4.78, 5) is 22.8. The Labute approximate surface area is 146 Å². The smallest absolute Gasteiger partial charge is 0.293 e. The van der Waals surface area contributed by atoms with Crippen molar-refractivity contribution < 1.29 is 9.72 Å². The highest BCUT2D eigenvalue weighted by molar-refractivity contribution is 5.95. The molecule has 1 atom stereocenters. The van der Waals surface area contributed by atoms with Crippen molar-refractivity contribution in [2.45, 2.75) is 25.3 Å². The lowest BCUT2D eigenvalue weighted by molar-refractivity contribution is -0.384. The minimum Gasteiger partial charge on any atom is -0.372 e. The fraction of sp³-hybridized carbons (Fsp3) is 0.316. The van der Waals surface area contributed by atoms with Crippen LogP contribution in [0.3, 0.4) is 0 Å². The zero-order valence-electron chi connectivity index (χ0n) is 14.1. The zero-order valence-corrected chi connectivity index (χ0v) is 14.1. The van der Waals surface area contributed by atoms with Crippen LogP contribution in [0.1, 0.15) is 41.2 Å². The van der Waals surface area contributed by atoms with Crippen LogP contribution in [0.15, 0.2) is 48.5 Å². The predicted octanol–water partition coefficient (Wildman–Crippen LogP) is 3.91. The van der Waals surface area contributed by atoms with Gasteiger partial charge < -0.3 is 10.6 Å². The lowest BCUT2D eigenvalue weighted by atomic mass is 9.77. The molecule has 1 amide bonds. The van der Waals surface area contributed by atoms with E-state index >= 15 is 0 Å². The summed E-state index contributed by atoms with van der Waals surface area (Å²) in [7, 11) is 1.50. The van der Waals surface area contributed by atoms with Gasteiger partial charge in [0.05, 0.1) is 11.0 Å². The van der Waals surface area contributed by atoms with E-state index in [9.17, 15) is 14.9 Å². The molecule has 1 aliphatic rings. The third-order valence-electron chi connectivity index (χ3n) is 4.77. The van der Waals surface area contributed by atoms with Crippen molar-refractivity contribution in [1.82, 2.24) is 5.32 Å². The second kappa shape index (κ2) is 7.34.